The highest BCUT2D eigenvalue weighted by atomic mass is 16.3. The van der Waals surface area contributed by atoms with Crippen LogP contribution < -0.4 is 0 Å². The molecular formula is C40H24N2O. The van der Waals surface area contributed by atoms with Gasteiger partial charge in [-0.1, -0.05) is 84.9 Å². The molecule has 3 heteroatoms. The molecule has 0 radical (unpaired) electrons. The van der Waals surface area contributed by atoms with Gasteiger partial charge in [0.2, 0.25) is 0 Å². The van der Waals surface area contributed by atoms with E-state index in [1.165, 1.54) is 60.1 Å². The molecule has 10 aromatic rings. The fourth-order valence-electron chi connectivity index (χ4n) is 7.24. The number of para-hydroxylation sites is 3. The minimum atomic E-state index is 0.909. The van der Waals surface area contributed by atoms with Crippen LogP contribution in [0.15, 0.2) is 150 Å². The van der Waals surface area contributed by atoms with Crippen LogP contribution in [0.1, 0.15) is 0 Å². The van der Waals surface area contributed by atoms with Gasteiger partial charge in [0, 0.05) is 43.7 Å². The quantitative estimate of drug-likeness (QED) is 0.211. The molecule has 10 rings (SSSR count). The number of hydrogen-bond donors (Lipinski definition) is 0. The Balaban J connectivity index is 1.33. The summed E-state index contributed by atoms with van der Waals surface area (Å²) in [6.45, 7) is 0. The number of fused-ring (bicyclic) bond motifs is 11. The predicted octanol–water partition coefficient (Wildman–Crippen LogP) is 10.9. The Morgan fingerprint density at radius 3 is 1.60 bits per heavy atom. The van der Waals surface area contributed by atoms with Crippen molar-refractivity contribution in [1.82, 2.24) is 9.13 Å². The standard InChI is InChI=1S/C40H24N2O/c1-2-10-26-23-27(18-17-25(26)9-1)41-33-14-6-3-12-30(33)39-35(41)20-21-36-40(39)31-13-4-7-15-34(31)42(36)28-19-22-38-32(24-28)29-11-5-8-16-37(29)43-38/h1-24H. The number of furan rings is 1. The second-order valence-electron chi connectivity index (χ2n) is 11.4. The minimum Gasteiger partial charge on any atom is -0.456 e. The summed E-state index contributed by atoms with van der Waals surface area (Å²) in [5.41, 5.74) is 8.94. The SMILES string of the molecule is c1ccc2cc(-n3c4ccccc4c4c5c6ccccc6n(-c6ccc7oc8ccccc8c7c6)c5ccc43)ccc2c1. The Labute approximate surface area is 246 Å². The molecule has 0 fully saturated rings. The van der Waals surface area contributed by atoms with Crippen LogP contribution in [-0.4, -0.2) is 9.13 Å². The number of rotatable bonds is 2. The molecule has 0 aliphatic carbocycles. The highest BCUT2D eigenvalue weighted by Crippen LogP contribution is 2.43. The summed E-state index contributed by atoms with van der Waals surface area (Å²) in [4.78, 5) is 0. The van der Waals surface area contributed by atoms with Gasteiger partial charge in [-0.2, -0.15) is 0 Å². The molecule has 0 atom stereocenters. The van der Waals surface area contributed by atoms with E-state index in [1.807, 2.05) is 12.1 Å². The van der Waals surface area contributed by atoms with E-state index in [9.17, 15) is 0 Å². The van der Waals surface area contributed by atoms with Gasteiger partial charge in [-0.25, -0.2) is 0 Å². The molecule has 43 heavy (non-hydrogen) atoms. The lowest BCUT2D eigenvalue weighted by atomic mass is 10.1. The maximum Gasteiger partial charge on any atom is 0.135 e. The highest BCUT2D eigenvalue weighted by Gasteiger charge is 2.21. The van der Waals surface area contributed by atoms with Crippen molar-refractivity contribution in [2.45, 2.75) is 0 Å². The third-order valence-corrected chi connectivity index (χ3v) is 9.08. The Bertz CT molecular complexity index is 2740. The molecule has 7 aromatic carbocycles. The van der Waals surface area contributed by atoms with Gasteiger partial charge in [0.25, 0.3) is 0 Å². The molecule has 0 bridgehead atoms. The van der Waals surface area contributed by atoms with E-state index in [0.717, 1.165) is 27.6 Å². The summed E-state index contributed by atoms with van der Waals surface area (Å²) < 4.78 is 11.0. The van der Waals surface area contributed by atoms with Crippen LogP contribution in [0.5, 0.6) is 0 Å². The second-order valence-corrected chi connectivity index (χ2v) is 11.4. The Morgan fingerprint density at radius 2 is 0.884 bits per heavy atom. The number of nitrogens with zero attached hydrogens (tertiary/aromatic N) is 2. The van der Waals surface area contributed by atoms with Gasteiger partial charge < -0.3 is 13.6 Å². The van der Waals surface area contributed by atoms with Crippen molar-refractivity contribution in [2.75, 3.05) is 0 Å². The third kappa shape index (κ3) is 3.08. The lowest BCUT2D eigenvalue weighted by molar-refractivity contribution is 0.669. The van der Waals surface area contributed by atoms with Crippen LogP contribution >= 0.6 is 0 Å². The number of aromatic nitrogens is 2. The molecular weight excluding hydrogens is 524 g/mol. The topological polar surface area (TPSA) is 23.0 Å². The smallest absolute Gasteiger partial charge is 0.135 e. The predicted molar refractivity (Wildman–Crippen MR) is 180 cm³/mol. The summed E-state index contributed by atoms with van der Waals surface area (Å²) in [5, 5.41) is 9.84. The molecule has 0 amide bonds. The average Bonchev–Trinajstić information content (AvgIpc) is 3.71. The fraction of sp³-hybridized carbons (Fsp3) is 0. The number of hydrogen-bond acceptors (Lipinski definition) is 1. The molecule has 200 valence electrons. The maximum atomic E-state index is 6.17. The van der Waals surface area contributed by atoms with Crippen molar-refractivity contribution < 1.29 is 4.42 Å². The maximum absolute atomic E-state index is 6.17. The van der Waals surface area contributed by atoms with Crippen LogP contribution in [0.2, 0.25) is 0 Å². The molecule has 0 saturated carbocycles. The summed E-state index contributed by atoms with van der Waals surface area (Å²) >= 11 is 0. The van der Waals surface area contributed by atoms with Crippen LogP contribution in [0.4, 0.5) is 0 Å². The monoisotopic (exact) mass is 548 g/mol. The lowest BCUT2D eigenvalue weighted by Crippen LogP contribution is -1.95. The van der Waals surface area contributed by atoms with Crippen LogP contribution in [0.25, 0.3) is 87.7 Å². The van der Waals surface area contributed by atoms with Crippen molar-refractivity contribution >= 4 is 76.3 Å². The zero-order valence-electron chi connectivity index (χ0n) is 23.2. The largest absolute Gasteiger partial charge is 0.456 e. The molecule has 3 nitrogen and oxygen atoms in total. The van der Waals surface area contributed by atoms with Crippen LogP contribution in [0.3, 0.4) is 0 Å². The van der Waals surface area contributed by atoms with E-state index in [1.54, 1.807) is 0 Å². The minimum absolute atomic E-state index is 0.909. The molecule has 3 aromatic heterocycles. The van der Waals surface area contributed by atoms with Gasteiger partial charge in [0.05, 0.1) is 22.1 Å². The van der Waals surface area contributed by atoms with Crippen molar-refractivity contribution in [3.05, 3.63) is 146 Å². The molecule has 0 N–H and O–H groups in total. The first-order chi connectivity index (χ1) is 21.3. The van der Waals surface area contributed by atoms with Gasteiger partial charge in [0.1, 0.15) is 11.2 Å². The first-order valence-corrected chi connectivity index (χ1v) is 14.7. The summed E-state index contributed by atoms with van der Waals surface area (Å²) in [7, 11) is 0. The average molecular weight is 549 g/mol. The Kier molecular flexibility index (Phi) is 4.45. The van der Waals surface area contributed by atoms with Crippen molar-refractivity contribution in [3.63, 3.8) is 0 Å². The summed E-state index contributed by atoms with van der Waals surface area (Å²) in [6, 6.07) is 52.4. The zero-order chi connectivity index (χ0) is 28.1. The fourth-order valence-corrected chi connectivity index (χ4v) is 7.24. The van der Waals surface area contributed by atoms with Crippen LogP contribution in [-0.2, 0) is 0 Å². The van der Waals surface area contributed by atoms with Gasteiger partial charge in [0.15, 0.2) is 0 Å². The second kappa shape index (κ2) is 8.37. The Hall–Kier alpha value is -5.80. The van der Waals surface area contributed by atoms with Gasteiger partial charge >= 0.3 is 0 Å². The van der Waals surface area contributed by atoms with Crippen molar-refractivity contribution in [1.29, 1.82) is 0 Å². The van der Waals surface area contributed by atoms with E-state index < -0.39 is 0 Å². The molecule has 0 unspecified atom stereocenters. The van der Waals surface area contributed by atoms with Gasteiger partial charge in [-0.15, -0.1) is 0 Å². The lowest BCUT2D eigenvalue weighted by Gasteiger charge is -2.10. The summed E-state index contributed by atoms with van der Waals surface area (Å²) in [6.07, 6.45) is 0. The van der Waals surface area contributed by atoms with E-state index in [4.69, 9.17) is 4.42 Å². The van der Waals surface area contributed by atoms with E-state index in [2.05, 4.69) is 143 Å². The Morgan fingerprint density at radius 1 is 0.349 bits per heavy atom. The first-order valence-electron chi connectivity index (χ1n) is 14.7. The highest BCUT2D eigenvalue weighted by molar-refractivity contribution is 6.29. The van der Waals surface area contributed by atoms with Gasteiger partial charge in [-0.05, 0) is 71.4 Å². The molecule has 0 aliphatic rings. The first kappa shape index (κ1) is 22.8. The summed E-state index contributed by atoms with van der Waals surface area (Å²) in [5.74, 6) is 0. The molecule has 0 saturated heterocycles. The van der Waals surface area contributed by atoms with Crippen molar-refractivity contribution in [3.8, 4) is 11.4 Å². The normalized spacial score (nSPS) is 12.2. The molecule has 0 aliphatic heterocycles. The number of benzene rings is 7. The molecule has 3 heterocycles. The third-order valence-electron chi connectivity index (χ3n) is 9.08. The van der Waals surface area contributed by atoms with Crippen LogP contribution in [0, 0.1) is 0 Å². The van der Waals surface area contributed by atoms with E-state index in [0.29, 0.717) is 0 Å². The van der Waals surface area contributed by atoms with E-state index >= 15 is 0 Å². The van der Waals surface area contributed by atoms with Crippen molar-refractivity contribution in [2.24, 2.45) is 0 Å². The van der Waals surface area contributed by atoms with Gasteiger partial charge in [-0.3, -0.25) is 0 Å². The molecule has 0 spiro atoms. The zero-order valence-corrected chi connectivity index (χ0v) is 23.2. The van der Waals surface area contributed by atoms with E-state index in [-0.39, 0.29) is 0 Å².